The number of nitrogens with one attached hydrogen (secondary N) is 3. The van der Waals surface area contributed by atoms with Gasteiger partial charge in [0.25, 0.3) is 11.8 Å². The zero-order chi connectivity index (χ0) is 25.0. The molecular weight excluding hydrogens is 440 g/mol. The van der Waals surface area contributed by atoms with Gasteiger partial charge in [-0.2, -0.15) is 0 Å². The van der Waals surface area contributed by atoms with Crippen molar-refractivity contribution in [2.45, 2.75) is 39.3 Å². The van der Waals surface area contributed by atoms with E-state index in [9.17, 15) is 24.0 Å². The predicted octanol–water partition coefficient (Wildman–Crippen LogP) is 2.77. The van der Waals surface area contributed by atoms with Crippen LogP contribution < -0.4 is 16.0 Å². The van der Waals surface area contributed by atoms with E-state index >= 15 is 0 Å². The summed E-state index contributed by atoms with van der Waals surface area (Å²) in [5, 5.41) is 7.63. The second kappa shape index (κ2) is 9.74. The second-order valence-electron chi connectivity index (χ2n) is 8.67. The number of hydrogen-bond acceptors (Lipinski definition) is 6. The van der Waals surface area contributed by atoms with Crippen molar-refractivity contribution in [3.05, 3.63) is 59.7 Å². The first-order valence-electron chi connectivity index (χ1n) is 10.6. The lowest BCUT2D eigenvalue weighted by Gasteiger charge is -2.21. The quantitative estimate of drug-likeness (QED) is 0.561. The maximum atomic E-state index is 12.7. The lowest BCUT2D eigenvalue weighted by atomic mass is 10.1. The van der Waals surface area contributed by atoms with Crippen LogP contribution in [0.15, 0.2) is 48.5 Å². The van der Waals surface area contributed by atoms with Crippen LogP contribution in [0.2, 0.25) is 0 Å². The SMILES string of the molecule is CC(C(=O)Nc1ccc(NC(=O)CNC(=O)OC(C)(C)C)cc1)N1C(=O)c2ccccc2C1=O. The van der Waals surface area contributed by atoms with Gasteiger partial charge < -0.3 is 20.7 Å². The van der Waals surface area contributed by atoms with Crippen LogP contribution in [0.5, 0.6) is 0 Å². The van der Waals surface area contributed by atoms with E-state index in [-0.39, 0.29) is 17.7 Å². The molecule has 1 unspecified atom stereocenters. The summed E-state index contributed by atoms with van der Waals surface area (Å²) in [5.41, 5.74) is 0.736. The molecule has 1 aliphatic rings. The maximum Gasteiger partial charge on any atom is 0.408 e. The Hall–Kier alpha value is -4.21. The number of imide groups is 1. The fourth-order valence-electron chi connectivity index (χ4n) is 3.23. The van der Waals surface area contributed by atoms with Gasteiger partial charge in [-0.1, -0.05) is 12.1 Å². The number of benzene rings is 2. The number of anilines is 2. The summed E-state index contributed by atoms with van der Waals surface area (Å²) >= 11 is 0. The molecule has 10 heteroatoms. The summed E-state index contributed by atoms with van der Waals surface area (Å²) in [5.74, 6) is -2.02. The normalized spacial score (nSPS) is 13.7. The average molecular weight is 466 g/mol. The molecular formula is C24H26N4O6. The molecule has 0 saturated carbocycles. The summed E-state index contributed by atoms with van der Waals surface area (Å²) in [6, 6.07) is 11.6. The van der Waals surface area contributed by atoms with Crippen LogP contribution in [0, 0.1) is 0 Å². The highest BCUT2D eigenvalue weighted by atomic mass is 16.6. The number of ether oxygens (including phenoxy) is 1. The van der Waals surface area contributed by atoms with Crippen molar-refractivity contribution in [1.82, 2.24) is 10.2 Å². The molecule has 0 fully saturated rings. The minimum absolute atomic E-state index is 0.272. The lowest BCUT2D eigenvalue weighted by molar-refractivity contribution is -0.119. The van der Waals surface area contributed by atoms with Crippen molar-refractivity contribution >= 4 is 41.1 Å². The van der Waals surface area contributed by atoms with Crippen LogP contribution in [0.3, 0.4) is 0 Å². The average Bonchev–Trinajstić information content (AvgIpc) is 3.02. The van der Waals surface area contributed by atoms with E-state index in [1.54, 1.807) is 69.3 Å². The Morgan fingerprint density at radius 3 is 1.88 bits per heavy atom. The van der Waals surface area contributed by atoms with Gasteiger partial charge in [0.1, 0.15) is 18.2 Å². The van der Waals surface area contributed by atoms with Crippen LogP contribution >= 0.6 is 0 Å². The van der Waals surface area contributed by atoms with Crippen LogP contribution in [-0.2, 0) is 14.3 Å². The standard InChI is InChI=1S/C24H26N4O6/c1-14(28-21(31)17-7-5-6-8-18(17)22(28)32)20(30)27-16-11-9-15(10-12-16)26-19(29)13-25-23(33)34-24(2,3)4/h5-12,14H,13H2,1-4H3,(H,25,33)(H,26,29)(H,27,30). The van der Waals surface area contributed by atoms with Crippen LogP contribution in [0.25, 0.3) is 0 Å². The van der Waals surface area contributed by atoms with Crippen molar-refractivity contribution in [2.75, 3.05) is 17.2 Å². The number of hydrogen-bond donors (Lipinski definition) is 3. The molecule has 1 atom stereocenters. The van der Waals surface area contributed by atoms with Gasteiger partial charge in [0.15, 0.2) is 0 Å². The minimum Gasteiger partial charge on any atom is -0.444 e. The predicted molar refractivity (Wildman–Crippen MR) is 124 cm³/mol. The molecule has 0 spiro atoms. The van der Waals surface area contributed by atoms with E-state index in [2.05, 4.69) is 16.0 Å². The van der Waals surface area contributed by atoms with Crippen molar-refractivity contribution in [3.63, 3.8) is 0 Å². The molecule has 34 heavy (non-hydrogen) atoms. The Balaban J connectivity index is 1.53. The van der Waals surface area contributed by atoms with Gasteiger partial charge in [-0.15, -0.1) is 0 Å². The maximum absolute atomic E-state index is 12.7. The molecule has 0 radical (unpaired) electrons. The second-order valence-corrected chi connectivity index (χ2v) is 8.67. The minimum atomic E-state index is -1.02. The molecule has 0 bridgehead atoms. The first kappa shape index (κ1) is 24.4. The van der Waals surface area contributed by atoms with Crippen LogP contribution in [0.1, 0.15) is 48.4 Å². The first-order valence-corrected chi connectivity index (χ1v) is 10.6. The smallest absolute Gasteiger partial charge is 0.408 e. The third-order valence-electron chi connectivity index (χ3n) is 4.82. The largest absolute Gasteiger partial charge is 0.444 e. The summed E-state index contributed by atoms with van der Waals surface area (Å²) in [4.78, 5) is 62.4. The van der Waals surface area contributed by atoms with Gasteiger partial charge in [-0.05, 0) is 64.1 Å². The molecule has 1 heterocycles. The molecule has 2 aromatic carbocycles. The highest BCUT2D eigenvalue weighted by molar-refractivity contribution is 6.23. The molecule has 3 rings (SSSR count). The number of carbonyl (C=O) groups is 5. The Morgan fingerprint density at radius 2 is 1.38 bits per heavy atom. The van der Waals surface area contributed by atoms with Gasteiger partial charge in [-0.25, -0.2) is 4.79 Å². The van der Waals surface area contributed by atoms with E-state index in [1.165, 1.54) is 6.92 Å². The van der Waals surface area contributed by atoms with E-state index in [1.807, 2.05) is 0 Å². The van der Waals surface area contributed by atoms with Gasteiger partial charge >= 0.3 is 6.09 Å². The lowest BCUT2D eigenvalue weighted by Crippen LogP contribution is -2.45. The molecule has 10 nitrogen and oxygen atoms in total. The fraction of sp³-hybridized carbons (Fsp3) is 0.292. The third kappa shape index (κ3) is 5.77. The Bertz CT molecular complexity index is 1100. The molecule has 3 N–H and O–H groups in total. The number of alkyl carbamates (subject to hydrolysis) is 1. The zero-order valence-corrected chi connectivity index (χ0v) is 19.3. The molecule has 0 aromatic heterocycles. The molecule has 1 aliphatic heterocycles. The van der Waals surface area contributed by atoms with E-state index in [0.717, 1.165) is 4.90 Å². The molecule has 2 aromatic rings. The summed E-state index contributed by atoms with van der Waals surface area (Å²) in [6.07, 6.45) is -0.701. The van der Waals surface area contributed by atoms with Gasteiger partial charge in [-0.3, -0.25) is 24.1 Å². The molecule has 5 amide bonds. The highest BCUT2D eigenvalue weighted by Crippen LogP contribution is 2.25. The summed E-state index contributed by atoms with van der Waals surface area (Å²) in [7, 11) is 0. The van der Waals surface area contributed by atoms with Gasteiger partial charge in [0, 0.05) is 11.4 Å². The summed E-state index contributed by atoms with van der Waals surface area (Å²) in [6.45, 7) is 6.35. The molecule has 0 saturated heterocycles. The number of rotatable bonds is 6. The van der Waals surface area contributed by atoms with Crippen molar-refractivity contribution in [3.8, 4) is 0 Å². The molecule has 0 aliphatic carbocycles. The first-order chi connectivity index (χ1) is 16.0. The van der Waals surface area contributed by atoms with Crippen LogP contribution in [-0.4, -0.2) is 52.8 Å². The number of fused-ring (bicyclic) bond motifs is 1. The topological polar surface area (TPSA) is 134 Å². The summed E-state index contributed by atoms with van der Waals surface area (Å²) < 4.78 is 5.06. The number of nitrogens with zero attached hydrogens (tertiary/aromatic N) is 1. The van der Waals surface area contributed by atoms with Crippen molar-refractivity contribution in [1.29, 1.82) is 0 Å². The Labute approximate surface area is 196 Å². The van der Waals surface area contributed by atoms with Gasteiger partial charge in [0.2, 0.25) is 11.8 Å². The van der Waals surface area contributed by atoms with Crippen molar-refractivity contribution < 1.29 is 28.7 Å². The third-order valence-corrected chi connectivity index (χ3v) is 4.82. The van der Waals surface area contributed by atoms with Crippen molar-refractivity contribution in [2.24, 2.45) is 0 Å². The monoisotopic (exact) mass is 466 g/mol. The number of carbonyl (C=O) groups excluding carboxylic acids is 5. The van der Waals surface area contributed by atoms with Crippen LogP contribution in [0.4, 0.5) is 16.2 Å². The van der Waals surface area contributed by atoms with E-state index < -0.39 is 41.4 Å². The van der Waals surface area contributed by atoms with E-state index in [4.69, 9.17) is 4.74 Å². The van der Waals surface area contributed by atoms with E-state index in [0.29, 0.717) is 11.4 Å². The van der Waals surface area contributed by atoms with Gasteiger partial charge in [0.05, 0.1) is 11.1 Å². The zero-order valence-electron chi connectivity index (χ0n) is 19.3. The Kier molecular flexibility index (Phi) is 7.00. The number of amides is 5. The molecule has 178 valence electrons. The fourth-order valence-corrected chi connectivity index (χ4v) is 3.23. The highest BCUT2D eigenvalue weighted by Gasteiger charge is 2.40. The Morgan fingerprint density at radius 1 is 0.882 bits per heavy atom.